The summed E-state index contributed by atoms with van der Waals surface area (Å²) in [5.74, 6) is 0.906. The van der Waals surface area contributed by atoms with Gasteiger partial charge in [0.15, 0.2) is 5.82 Å². The molecule has 2 aromatic carbocycles. The Morgan fingerprint density at radius 2 is 1.75 bits per heavy atom. The Kier molecular flexibility index (Phi) is 4.34. The number of nitrogens with one attached hydrogen (secondary N) is 2. The molecule has 0 radical (unpaired) electrons. The van der Waals surface area contributed by atoms with E-state index in [2.05, 4.69) is 44.9 Å². The molecule has 0 saturated heterocycles. The largest absolute Gasteiger partial charge is 0.338 e. The maximum Gasteiger partial charge on any atom is 0.249 e. The van der Waals surface area contributed by atoms with Crippen LogP contribution in [0.3, 0.4) is 0 Å². The molecule has 118 valence electrons. The average Bonchev–Trinajstić information content (AvgIpc) is 2.60. The predicted molar refractivity (Wildman–Crippen MR) is 93.5 cm³/mol. The van der Waals surface area contributed by atoms with Gasteiger partial charge in [-0.25, -0.2) is 0 Å². The zero-order chi connectivity index (χ0) is 16.9. The van der Waals surface area contributed by atoms with Gasteiger partial charge in [0.2, 0.25) is 5.95 Å². The summed E-state index contributed by atoms with van der Waals surface area (Å²) >= 11 is 0. The third-order valence-electron chi connectivity index (χ3n) is 3.72. The fourth-order valence-electron chi connectivity index (χ4n) is 2.25. The van der Waals surface area contributed by atoms with Crippen LogP contribution >= 0.6 is 0 Å². The van der Waals surface area contributed by atoms with Crippen molar-refractivity contribution in [3.63, 3.8) is 0 Å². The van der Waals surface area contributed by atoms with Crippen molar-refractivity contribution < 1.29 is 0 Å². The molecular weight excluding hydrogens is 300 g/mol. The Balaban J connectivity index is 1.84. The molecule has 0 spiro atoms. The lowest BCUT2D eigenvalue weighted by molar-refractivity contribution is 0.981. The standard InChI is InChI=1S/C18H16N6/c1-12-6-5-9-15(13(12)2)22-18-23-17(11-20-24-18)21-16-8-4-3-7-14(16)10-19/h3-9,11H,1-2H3,(H2,21,22,23,24). The summed E-state index contributed by atoms with van der Waals surface area (Å²) in [4.78, 5) is 4.40. The van der Waals surface area contributed by atoms with E-state index >= 15 is 0 Å². The Hall–Kier alpha value is -3.46. The van der Waals surface area contributed by atoms with Gasteiger partial charge in [-0.2, -0.15) is 15.3 Å². The molecule has 0 aliphatic carbocycles. The van der Waals surface area contributed by atoms with Crippen LogP contribution in [0.4, 0.5) is 23.1 Å². The first kappa shape index (κ1) is 15.4. The van der Waals surface area contributed by atoms with Crippen LogP contribution in [0.5, 0.6) is 0 Å². The highest BCUT2D eigenvalue weighted by atomic mass is 15.3. The maximum atomic E-state index is 9.15. The van der Waals surface area contributed by atoms with Gasteiger partial charge in [0.1, 0.15) is 6.07 Å². The van der Waals surface area contributed by atoms with Crippen molar-refractivity contribution in [2.75, 3.05) is 10.6 Å². The number of aromatic nitrogens is 3. The molecule has 0 aliphatic heterocycles. The highest BCUT2D eigenvalue weighted by molar-refractivity contribution is 5.65. The second-order valence-electron chi connectivity index (χ2n) is 5.32. The van der Waals surface area contributed by atoms with E-state index in [1.807, 2.05) is 37.3 Å². The number of benzene rings is 2. The lowest BCUT2D eigenvalue weighted by atomic mass is 10.1. The van der Waals surface area contributed by atoms with E-state index in [0.29, 0.717) is 23.0 Å². The molecule has 0 amide bonds. The highest BCUT2D eigenvalue weighted by Gasteiger charge is 2.06. The molecule has 0 bridgehead atoms. The Morgan fingerprint density at radius 1 is 0.958 bits per heavy atom. The van der Waals surface area contributed by atoms with Crippen LogP contribution in [0.25, 0.3) is 0 Å². The molecule has 24 heavy (non-hydrogen) atoms. The molecule has 2 N–H and O–H groups in total. The van der Waals surface area contributed by atoms with Crippen LogP contribution in [0.2, 0.25) is 0 Å². The van der Waals surface area contributed by atoms with E-state index in [4.69, 9.17) is 5.26 Å². The molecule has 6 nitrogen and oxygen atoms in total. The summed E-state index contributed by atoms with van der Waals surface area (Å²) in [6.07, 6.45) is 1.52. The molecule has 0 aliphatic rings. The van der Waals surface area contributed by atoms with E-state index in [0.717, 1.165) is 11.3 Å². The minimum atomic E-state index is 0.392. The number of nitrogens with zero attached hydrogens (tertiary/aromatic N) is 4. The number of hydrogen-bond donors (Lipinski definition) is 2. The van der Waals surface area contributed by atoms with Crippen LogP contribution in [0.15, 0.2) is 48.7 Å². The predicted octanol–water partition coefficient (Wildman–Crippen LogP) is 3.85. The molecule has 3 aromatic rings. The Morgan fingerprint density at radius 3 is 2.58 bits per heavy atom. The quantitative estimate of drug-likeness (QED) is 0.760. The first-order valence-electron chi connectivity index (χ1n) is 7.46. The van der Waals surface area contributed by atoms with Gasteiger partial charge < -0.3 is 10.6 Å². The number of anilines is 4. The SMILES string of the molecule is Cc1cccc(Nc2nncc(Nc3ccccc3C#N)n2)c1C. The smallest absolute Gasteiger partial charge is 0.249 e. The number of rotatable bonds is 4. The summed E-state index contributed by atoms with van der Waals surface area (Å²) < 4.78 is 0. The Labute approximate surface area is 140 Å². The monoisotopic (exact) mass is 316 g/mol. The van der Waals surface area contributed by atoms with Gasteiger partial charge >= 0.3 is 0 Å². The van der Waals surface area contributed by atoms with E-state index in [-0.39, 0.29) is 0 Å². The molecule has 1 heterocycles. The third kappa shape index (κ3) is 3.31. The number of hydrogen-bond acceptors (Lipinski definition) is 6. The van der Waals surface area contributed by atoms with Crippen LogP contribution in [-0.4, -0.2) is 15.2 Å². The van der Waals surface area contributed by atoms with Crippen LogP contribution < -0.4 is 10.6 Å². The summed E-state index contributed by atoms with van der Waals surface area (Å²) in [7, 11) is 0. The molecule has 0 atom stereocenters. The molecule has 6 heteroatoms. The van der Waals surface area contributed by atoms with Crippen molar-refractivity contribution >= 4 is 23.1 Å². The zero-order valence-corrected chi connectivity index (χ0v) is 13.4. The van der Waals surface area contributed by atoms with Crippen LogP contribution in [0, 0.1) is 25.2 Å². The average molecular weight is 316 g/mol. The number of para-hydroxylation sites is 1. The van der Waals surface area contributed by atoms with Crippen molar-refractivity contribution in [2.24, 2.45) is 0 Å². The van der Waals surface area contributed by atoms with Crippen molar-refractivity contribution in [2.45, 2.75) is 13.8 Å². The van der Waals surface area contributed by atoms with Crippen molar-refractivity contribution in [1.29, 1.82) is 5.26 Å². The van der Waals surface area contributed by atoms with Gasteiger partial charge in [0.25, 0.3) is 0 Å². The molecule has 1 aromatic heterocycles. The molecule has 0 saturated carbocycles. The molecule has 0 fully saturated rings. The lowest BCUT2D eigenvalue weighted by Crippen LogP contribution is -2.04. The van der Waals surface area contributed by atoms with Crippen molar-refractivity contribution in [3.8, 4) is 6.07 Å². The van der Waals surface area contributed by atoms with Gasteiger partial charge in [0.05, 0.1) is 17.4 Å². The van der Waals surface area contributed by atoms with Gasteiger partial charge in [0, 0.05) is 5.69 Å². The summed E-state index contributed by atoms with van der Waals surface area (Å²) in [6, 6.07) is 15.4. The summed E-state index contributed by atoms with van der Waals surface area (Å²) in [6.45, 7) is 4.09. The van der Waals surface area contributed by atoms with Gasteiger partial charge in [-0.15, -0.1) is 5.10 Å². The number of aryl methyl sites for hydroxylation is 1. The van der Waals surface area contributed by atoms with Gasteiger partial charge in [-0.1, -0.05) is 24.3 Å². The topological polar surface area (TPSA) is 86.5 Å². The summed E-state index contributed by atoms with van der Waals surface area (Å²) in [5, 5.41) is 23.4. The molecule has 3 rings (SSSR count). The molecular formula is C18H16N6. The van der Waals surface area contributed by atoms with E-state index < -0.39 is 0 Å². The summed E-state index contributed by atoms with van der Waals surface area (Å²) in [5.41, 5.74) is 4.48. The minimum Gasteiger partial charge on any atom is -0.338 e. The number of nitriles is 1. The van der Waals surface area contributed by atoms with Crippen molar-refractivity contribution in [3.05, 3.63) is 65.4 Å². The zero-order valence-electron chi connectivity index (χ0n) is 13.4. The first-order chi connectivity index (χ1) is 11.7. The van der Waals surface area contributed by atoms with Crippen LogP contribution in [0.1, 0.15) is 16.7 Å². The second kappa shape index (κ2) is 6.75. The van der Waals surface area contributed by atoms with Crippen LogP contribution in [-0.2, 0) is 0 Å². The lowest BCUT2D eigenvalue weighted by Gasteiger charge is -2.11. The minimum absolute atomic E-state index is 0.392. The van der Waals surface area contributed by atoms with Gasteiger partial charge in [-0.05, 0) is 43.2 Å². The Bertz CT molecular complexity index is 913. The van der Waals surface area contributed by atoms with E-state index in [1.54, 1.807) is 6.07 Å². The fourth-order valence-corrected chi connectivity index (χ4v) is 2.25. The highest BCUT2D eigenvalue weighted by Crippen LogP contribution is 2.22. The van der Waals surface area contributed by atoms with E-state index in [9.17, 15) is 0 Å². The molecule has 0 unspecified atom stereocenters. The maximum absolute atomic E-state index is 9.15. The van der Waals surface area contributed by atoms with Gasteiger partial charge in [-0.3, -0.25) is 0 Å². The van der Waals surface area contributed by atoms with E-state index in [1.165, 1.54) is 11.8 Å². The van der Waals surface area contributed by atoms with Crippen molar-refractivity contribution in [1.82, 2.24) is 15.2 Å². The fraction of sp³-hybridized carbons (Fsp3) is 0.111. The first-order valence-corrected chi connectivity index (χ1v) is 7.46. The normalized spacial score (nSPS) is 10.0. The second-order valence-corrected chi connectivity index (χ2v) is 5.32. The third-order valence-corrected chi connectivity index (χ3v) is 3.72.